The second-order valence-corrected chi connectivity index (χ2v) is 5.13. The summed E-state index contributed by atoms with van der Waals surface area (Å²) in [5.41, 5.74) is 5.25. The molecule has 7 heteroatoms. The molecule has 0 aromatic heterocycles. The van der Waals surface area contributed by atoms with Crippen molar-refractivity contribution in [2.45, 2.75) is 52.1 Å². The molecule has 1 fully saturated rings. The Kier molecular flexibility index (Phi) is 6.51. The Morgan fingerprint density at radius 3 is 2.45 bits per heavy atom. The number of urea groups is 1. The molecule has 0 aromatic carbocycles. The number of carbonyl (C=O) groups excluding carboxylic acids is 1. The molecule has 20 heavy (non-hydrogen) atoms. The zero-order valence-corrected chi connectivity index (χ0v) is 12.9. The highest BCUT2D eigenvalue weighted by Gasteiger charge is 2.28. The maximum atomic E-state index is 12.2. The first kappa shape index (κ1) is 16.5. The number of rotatable bonds is 4. The molecular weight excluding hydrogens is 278 g/mol. The monoisotopic (exact) mass is 299 g/mol. The predicted molar refractivity (Wildman–Crippen MR) is 82.9 cm³/mol. The smallest absolute Gasteiger partial charge is 0.318 e. The number of nitrogens with zero attached hydrogens (tertiary/aromatic N) is 3. The zero-order chi connectivity index (χ0) is 15.1. The average molecular weight is 300 g/mol. The van der Waals surface area contributed by atoms with Gasteiger partial charge in [0.25, 0.3) is 0 Å². The van der Waals surface area contributed by atoms with Gasteiger partial charge in [0, 0.05) is 18.3 Å². The van der Waals surface area contributed by atoms with Crippen LogP contribution in [0.1, 0.15) is 40.0 Å². The van der Waals surface area contributed by atoms with E-state index in [4.69, 9.17) is 11.6 Å². The van der Waals surface area contributed by atoms with Crippen molar-refractivity contribution in [2.75, 3.05) is 0 Å². The highest BCUT2D eigenvalue weighted by atomic mass is 35.5. The number of halogens is 1. The molecule has 1 heterocycles. The first-order valence-electron chi connectivity index (χ1n) is 6.70. The van der Waals surface area contributed by atoms with Crippen LogP contribution in [0.15, 0.2) is 21.0 Å². The Bertz CT molecular complexity index is 411. The summed E-state index contributed by atoms with van der Waals surface area (Å²) >= 11 is 5.89. The molecule has 0 spiro atoms. The second kappa shape index (κ2) is 7.89. The van der Waals surface area contributed by atoms with Crippen LogP contribution in [0.4, 0.5) is 4.79 Å². The molecule has 2 N–H and O–H groups in total. The maximum absolute atomic E-state index is 12.2. The Labute approximate surface area is 125 Å². The van der Waals surface area contributed by atoms with Crippen LogP contribution in [-0.2, 0) is 0 Å². The standard InChI is InChI=1S/C13H22ClN5O/c1-5-16-11(14)12(15-4)17-18-13(20)19-9(2)7-6-8-10(19)3/h5,9-10,17H,4,6-8H2,1-3H3,(H,18,20)/b12-11+,16-5?/t9-,10-/m1/s1. The molecular formula is C13H22ClN5O. The quantitative estimate of drug-likeness (QED) is 0.476. The van der Waals surface area contributed by atoms with E-state index in [2.05, 4.69) is 27.6 Å². The lowest BCUT2D eigenvalue weighted by Crippen LogP contribution is -2.54. The summed E-state index contributed by atoms with van der Waals surface area (Å²) in [6, 6.07) is 0.235. The van der Waals surface area contributed by atoms with Gasteiger partial charge in [-0.2, -0.15) is 0 Å². The van der Waals surface area contributed by atoms with Crippen LogP contribution >= 0.6 is 11.6 Å². The molecule has 0 aliphatic carbocycles. The summed E-state index contributed by atoms with van der Waals surface area (Å²) < 4.78 is 0. The van der Waals surface area contributed by atoms with E-state index in [1.807, 2.05) is 18.7 Å². The minimum absolute atomic E-state index is 0.141. The van der Waals surface area contributed by atoms with Crippen molar-refractivity contribution in [1.29, 1.82) is 0 Å². The molecule has 2 amide bonds. The van der Waals surface area contributed by atoms with Gasteiger partial charge in [-0.15, -0.1) is 0 Å². The van der Waals surface area contributed by atoms with Gasteiger partial charge in [-0.1, -0.05) is 11.6 Å². The van der Waals surface area contributed by atoms with Crippen LogP contribution in [-0.4, -0.2) is 35.9 Å². The number of aliphatic imine (C=N–C) groups is 2. The molecule has 1 aliphatic heterocycles. The fourth-order valence-electron chi connectivity index (χ4n) is 2.33. The fourth-order valence-corrected chi connectivity index (χ4v) is 2.53. The second-order valence-electron chi connectivity index (χ2n) is 4.78. The molecule has 0 saturated carbocycles. The van der Waals surface area contributed by atoms with Gasteiger partial charge in [-0.05, 0) is 46.8 Å². The normalized spacial score (nSPS) is 24.3. The molecule has 6 nitrogen and oxygen atoms in total. The lowest BCUT2D eigenvalue weighted by molar-refractivity contribution is 0.121. The summed E-state index contributed by atoms with van der Waals surface area (Å²) in [5.74, 6) is 0.218. The van der Waals surface area contributed by atoms with Crippen LogP contribution in [0.25, 0.3) is 0 Å². The third-order valence-electron chi connectivity index (χ3n) is 3.31. The van der Waals surface area contributed by atoms with E-state index in [-0.39, 0.29) is 29.1 Å². The molecule has 1 aliphatic rings. The van der Waals surface area contributed by atoms with Gasteiger partial charge in [0.1, 0.15) is 0 Å². The van der Waals surface area contributed by atoms with Gasteiger partial charge in [0.2, 0.25) is 0 Å². The summed E-state index contributed by atoms with van der Waals surface area (Å²) in [5, 5.41) is 0.141. The van der Waals surface area contributed by atoms with E-state index < -0.39 is 0 Å². The van der Waals surface area contributed by atoms with E-state index in [1.54, 1.807) is 6.92 Å². The number of hydrogen-bond donors (Lipinski definition) is 2. The minimum atomic E-state index is -0.198. The number of hydrogen-bond acceptors (Lipinski definition) is 4. The van der Waals surface area contributed by atoms with Crippen LogP contribution in [0.5, 0.6) is 0 Å². The molecule has 0 bridgehead atoms. The van der Waals surface area contributed by atoms with Gasteiger partial charge in [0.15, 0.2) is 11.0 Å². The van der Waals surface area contributed by atoms with Gasteiger partial charge < -0.3 is 4.90 Å². The summed E-state index contributed by atoms with van der Waals surface area (Å²) in [6.07, 6.45) is 4.71. The predicted octanol–water partition coefficient (Wildman–Crippen LogP) is 2.62. The number of carbonyl (C=O) groups is 1. The Morgan fingerprint density at radius 1 is 1.35 bits per heavy atom. The molecule has 1 saturated heterocycles. The fraction of sp³-hybridized carbons (Fsp3) is 0.615. The highest BCUT2D eigenvalue weighted by molar-refractivity contribution is 6.30. The van der Waals surface area contributed by atoms with E-state index in [9.17, 15) is 4.79 Å². The number of piperidine rings is 1. The van der Waals surface area contributed by atoms with Gasteiger partial charge in [-0.3, -0.25) is 10.9 Å². The minimum Gasteiger partial charge on any atom is -0.318 e. The molecule has 2 atom stereocenters. The van der Waals surface area contributed by atoms with Crippen molar-refractivity contribution in [2.24, 2.45) is 9.98 Å². The van der Waals surface area contributed by atoms with Crippen LogP contribution in [0.2, 0.25) is 0 Å². The third-order valence-corrected chi connectivity index (χ3v) is 3.59. The van der Waals surface area contributed by atoms with Crippen molar-refractivity contribution in [3.63, 3.8) is 0 Å². The Hall–Kier alpha value is -1.56. The van der Waals surface area contributed by atoms with Crippen molar-refractivity contribution >= 4 is 30.6 Å². The van der Waals surface area contributed by atoms with E-state index in [1.165, 1.54) is 6.21 Å². The number of likely N-dealkylation sites (tertiary alicyclic amines) is 1. The van der Waals surface area contributed by atoms with Gasteiger partial charge >= 0.3 is 6.03 Å². The maximum Gasteiger partial charge on any atom is 0.336 e. The Balaban J connectivity index is 2.66. The third kappa shape index (κ3) is 4.23. The average Bonchev–Trinajstić information content (AvgIpc) is 2.39. The largest absolute Gasteiger partial charge is 0.336 e. The van der Waals surface area contributed by atoms with Gasteiger partial charge in [0.05, 0.1) is 0 Å². The van der Waals surface area contributed by atoms with Crippen molar-refractivity contribution < 1.29 is 4.79 Å². The Morgan fingerprint density at radius 2 is 1.95 bits per heavy atom. The first-order chi connectivity index (χ1) is 9.51. The van der Waals surface area contributed by atoms with E-state index >= 15 is 0 Å². The number of nitrogens with one attached hydrogen (secondary N) is 2. The SMILES string of the molecule is C=N/C(NNC(=O)N1[C@H](C)CCC[C@H]1C)=C(/Cl)N=CC. The zero-order valence-electron chi connectivity index (χ0n) is 12.2. The molecule has 0 unspecified atom stereocenters. The van der Waals surface area contributed by atoms with Crippen LogP contribution in [0, 0.1) is 0 Å². The first-order valence-corrected chi connectivity index (χ1v) is 7.08. The van der Waals surface area contributed by atoms with Crippen LogP contribution in [0.3, 0.4) is 0 Å². The van der Waals surface area contributed by atoms with Crippen molar-refractivity contribution in [3.8, 4) is 0 Å². The van der Waals surface area contributed by atoms with Crippen molar-refractivity contribution in [3.05, 3.63) is 11.0 Å². The lowest BCUT2D eigenvalue weighted by Gasteiger charge is -2.38. The molecule has 1 rings (SSSR count). The summed E-state index contributed by atoms with van der Waals surface area (Å²) in [7, 11) is 0. The molecule has 0 radical (unpaired) electrons. The lowest BCUT2D eigenvalue weighted by atomic mass is 9.98. The van der Waals surface area contributed by atoms with Gasteiger partial charge in [-0.25, -0.2) is 14.8 Å². The topological polar surface area (TPSA) is 69.1 Å². The summed E-state index contributed by atoms with van der Waals surface area (Å²) in [4.78, 5) is 21.6. The number of amides is 2. The van der Waals surface area contributed by atoms with Crippen LogP contribution < -0.4 is 10.9 Å². The highest BCUT2D eigenvalue weighted by Crippen LogP contribution is 2.22. The van der Waals surface area contributed by atoms with E-state index in [0.29, 0.717) is 0 Å². The van der Waals surface area contributed by atoms with E-state index in [0.717, 1.165) is 19.3 Å². The number of hydrazine groups is 1. The van der Waals surface area contributed by atoms with Crippen molar-refractivity contribution in [1.82, 2.24) is 15.8 Å². The molecule has 112 valence electrons. The molecule has 0 aromatic rings. The summed E-state index contributed by atoms with van der Waals surface area (Å²) in [6.45, 7) is 9.22.